The zero-order valence-electron chi connectivity index (χ0n) is 12.1. The molecule has 3 heteroatoms. The minimum atomic E-state index is 0.253. The van der Waals surface area contributed by atoms with E-state index in [1.807, 2.05) is 30.5 Å². The summed E-state index contributed by atoms with van der Waals surface area (Å²) in [7, 11) is 0. The largest absolute Gasteiger partial charge is 0.310 e. The minimum Gasteiger partial charge on any atom is -0.310 e. The molecule has 0 radical (unpaired) electrons. The van der Waals surface area contributed by atoms with Crippen molar-refractivity contribution in [3.05, 3.63) is 64.4 Å². The van der Waals surface area contributed by atoms with Gasteiger partial charge in [-0.05, 0) is 49.6 Å². The molecule has 0 aliphatic heterocycles. The molecule has 2 rings (SSSR count). The van der Waals surface area contributed by atoms with Gasteiger partial charge in [-0.15, -0.1) is 0 Å². The van der Waals surface area contributed by atoms with Gasteiger partial charge in [0.2, 0.25) is 0 Å². The van der Waals surface area contributed by atoms with Crippen LogP contribution in [0, 0.1) is 6.92 Å². The Morgan fingerprint density at radius 1 is 1.20 bits per heavy atom. The Bertz CT molecular complexity index is 554. The van der Waals surface area contributed by atoms with Gasteiger partial charge >= 0.3 is 0 Å². The van der Waals surface area contributed by atoms with Crippen LogP contribution in [-0.4, -0.2) is 11.5 Å². The fraction of sp³-hybridized carbons (Fsp3) is 0.353. The maximum Gasteiger partial charge on any atom is 0.0438 e. The number of hydrogen-bond donors (Lipinski definition) is 1. The van der Waals surface area contributed by atoms with Gasteiger partial charge in [0.25, 0.3) is 0 Å². The molecule has 1 N–H and O–H groups in total. The summed E-state index contributed by atoms with van der Waals surface area (Å²) < 4.78 is 0. The van der Waals surface area contributed by atoms with Crippen LogP contribution < -0.4 is 5.32 Å². The molecule has 2 aromatic rings. The van der Waals surface area contributed by atoms with Crippen molar-refractivity contribution in [3.63, 3.8) is 0 Å². The quantitative estimate of drug-likeness (QED) is 0.856. The Kier molecular flexibility index (Phi) is 5.57. The van der Waals surface area contributed by atoms with E-state index in [1.54, 1.807) is 0 Å². The number of hydrogen-bond acceptors (Lipinski definition) is 2. The lowest BCUT2D eigenvalue weighted by Crippen LogP contribution is -2.25. The van der Waals surface area contributed by atoms with Crippen LogP contribution >= 0.6 is 11.6 Å². The van der Waals surface area contributed by atoms with E-state index in [4.69, 9.17) is 11.6 Å². The van der Waals surface area contributed by atoms with E-state index in [-0.39, 0.29) is 6.04 Å². The fourth-order valence-electron chi connectivity index (χ4n) is 2.36. The van der Waals surface area contributed by atoms with Gasteiger partial charge in [0.05, 0.1) is 0 Å². The van der Waals surface area contributed by atoms with E-state index in [9.17, 15) is 0 Å². The fourth-order valence-corrected chi connectivity index (χ4v) is 2.57. The predicted octanol–water partition coefficient (Wildman–Crippen LogP) is 4.33. The van der Waals surface area contributed by atoms with E-state index in [1.165, 1.54) is 11.1 Å². The molecular formula is C17H21ClN2. The molecule has 1 unspecified atom stereocenters. The molecule has 0 aliphatic carbocycles. The predicted molar refractivity (Wildman–Crippen MR) is 85.2 cm³/mol. The highest BCUT2D eigenvalue weighted by Gasteiger charge is 2.15. The van der Waals surface area contributed by atoms with Gasteiger partial charge in [0.1, 0.15) is 0 Å². The zero-order chi connectivity index (χ0) is 14.4. The monoisotopic (exact) mass is 288 g/mol. The van der Waals surface area contributed by atoms with Gasteiger partial charge in [-0.1, -0.05) is 42.8 Å². The first kappa shape index (κ1) is 15.0. The Labute approximate surface area is 126 Å². The molecular weight excluding hydrogens is 268 g/mol. The maximum atomic E-state index is 6.29. The van der Waals surface area contributed by atoms with Crippen LogP contribution in [0.4, 0.5) is 0 Å². The molecule has 0 bridgehead atoms. The number of nitrogens with zero attached hydrogens (tertiary/aromatic N) is 1. The summed E-state index contributed by atoms with van der Waals surface area (Å²) in [6, 6.07) is 12.4. The van der Waals surface area contributed by atoms with Gasteiger partial charge in [-0.2, -0.15) is 0 Å². The normalized spacial score (nSPS) is 12.3. The molecule has 106 valence electrons. The smallest absolute Gasteiger partial charge is 0.0438 e. The van der Waals surface area contributed by atoms with E-state index < -0.39 is 0 Å². The molecule has 0 amide bonds. The second-order valence-corrected chi connectivity index (χ2v) is 5.39. The Hall–Kier alpha value is -1.38. The molecule has 1 atom stereocenters. The van der Waals surface area contributed by atoms with Crippen molar-refractivity contribution in [2.45, 2.75) is 32.7 Å². The molecule has 0 spiro atoms. The van der Waals surface area contributed by atoms with E-state index in [0.717, 1.165) is 30.1 Å². The second-order valence-electron chi connectivity index (χ2n) is 4.98. The van der Waals surface area contributed by atoms with Crippen LogP contribution in [0.2, 0.25) is 5.02 Å². The lowest BCUT2D eigenvalue weighted by atomic mass is 9.97. The number of pyridine rings is 1. The van der Waals surface area contributed by atoms with Gasteiger partial charge in [0, 0.05) is 23.0 Å². The summed E-state index contributed by atoms with van der Waals surface area (Å²) >= 11 is 6.29. The Morgan fingerprint density at radius 3 is 2.70 bits per heavy atom. The minimum absolute atomic E-state index is 0.253. The highest BCUT2D eigenvalue weighted by atomic mass is 35.5. The van der Waals surface area contributed by atoms with Crippen molar-refractivity contribution < 1.29 is 0 Å². The molecule has 1 aromatic heterocycles. The van der Waals surface area contributed by atoms with Crippen LogP contribution in [0.3, 0.4) is 0 Å². The molecule has 2 nitrogen and oxygen atoms in total. The Balaban J connectivity index is 2.24. The molecule has 0 saturated heterocycles. The molecule has 20 heavy (non-hydrogen) atoms. The molecule has 0 aliphatic rings. The summed E-state index contributed by atoms with van der Waals surface area (Å²) in [6.07, 6.45) is 3.83. The van der Waals surface area contributed by atoms with Gasteiger partial charge in [-0.25, -0.2) is 0 Å². The van der Waals surface area contributed by atoms with Crippen molar-refractivity contribution in [3.8, 4) is 0 Å². The topological polar surface area (TPSA) is 24.9 Å². The number of rotatable bonds is 6. The number of benzene rings is 1. The third-order valence-corrected chi connectivity index (χ3v) is 3.81. The van der Waals surface area contributed by atoms with Gasteiger partial charge in [-0.3, -0.25) is 4.98 Å². The Morgan fingerprint density at radius 2 is 2.00 bits per heavy atom. The lowest BCUT2D eigenvalue weighted by molar-refractivity contribution is 0.525. The van der Waals surface area contributed by atoms with Crippen LogP contribution in [0.15, 0.2) is 42.6 Å². The highest BCUT2D eigenvalue weighted by molar-refractivity contribution is 6.31. The number of aryl methyl sites for hydroxylation is 1. The van der Waals surface area contributed by atoms with Crippen molar-refractivity contribution in [1.29, 1.82) is 0 Å². The standard InChI is InChI=1S/C17H21ClN2/c1-3-10-20-17(15-8-6-11-19-13(15)2)12-14-7-4-5-9-16(14)18/h4-9,11,17,20H,3,10,12H2,1-2H3. The van der Waals surface area contributed by atoms with Crippen molar-refractivity contribution in [2.24, 2.45) is 0 Å². The molecule has 0 fully saturated rings. The van der Waals surface area contributed by atoms with Crippen LogP contribution in [0.5, 0.6) is 0 Å². The summed E-state index contributed by atoms with van der Waals surface area (Å²) in [6.45, 7) is 5.22. The van der Waals surface area contributed by atoms with Crippen molar-refractivity contribution in [1.82, 2.24) is 10.3 Å². The summed E-state index contributed by atoms with van der Waals surface area (Å²) in [5.74, 6) is 0. The van der Waals surface area contributed by atoms with E-state index >= 15 is 0 Å². The van der Waals surface area contributed by atoms with Crippen LogP contribution in [-0.2, 0) is 6.42 Å². The molecule has 1 heterocycles. The third-order valence-electron chi connectivity index (χ3n) is 3.45. The second kappa shape index (κ2) is 7.41. The summed E-state index contributed by atoms with van der Waals surface area (Å²) in [5.41, 5.74) is 3.50. The van der Waals surface area contributed by atoms with E-state index in [2.05, 4.69) is 36.3 Å². The SMILES string of the molecule is CCCNC(Cc1ccccc1Cl)c1cccnc1C. The number of aromatic nitrogens is 1. The molecule has 0 saturated carbocycles. The first-order valence-electron chi connectivity index (χ1n) is 7.10. The van der Waals surface area contributed by atoms with Crippen molar-refractivity contribution >= 4 is 11.6 Å². The van der Waals surface area contributed by atoms with Gasteiger partial charge < -0.3 is 5.32 Å². The summed E-state index contributed by atoms with van der Waals surface area (Å²) in [4.78, 5) is 4.40. The first-order chi connectivity index (χ1) is 9.72. The van der Waals surface area contributed by atoms with Crippen molar-refractivity contribution in [2.75, 3.05) is 6.54 Å². The third kappa shape index (κ3) is 3.81. The average molecular weight is 289 g/mol. The summed E-state index contributed by atoms with van der Waals surface area (Å²) in [5, 5.41) is 4.43. The highest BCUT2D eigenvalue weighted by Crippen LogP contribution is 2.24. The first-order valence-corrected chi connectivity index (χ1v) is 7.48. The van der Waals surface area contributed by atoms with Crippen LogP contribution in [0.1, 0.15) is 36.2 Å². The molecule has 1 aromatic carbocycles. The van der Waals surface area contributed by atoms with E-state index in [0.29, 0.717) is 0 Å². The average Bonchev–Trinajstić information content (AvgIpc) is 2.46. The number of nitrogens with one attached hydrogen (secondary N) is 1. The van der Waals surface area contributed by atoms with Gasteiger partial charge in [0.15, 0.2) is 0 Å². The van der Waals surface area contributed by atoms with Crippen LogP contribution in [0.25, 0.3) is 0 Å². The maximum absolute atomic E-state index is 6.29. The number of halogens is 1. The zero-order valence-corrected chi connectivity index (χ0v) is 12.8. The lowest BCUT2D eigenvalue weighted by Gasteiger charge is -2.21.